The number of sulfonamides is 1. The fraction of sp³-hybridized carbons (Fsp3) is 0.526. The van der Waals surface area contributed by atoms with Crippen molar-refractivity contribution in [2.75, 3.05) is 19.6 Å². The Hall–Kier alpha value is -1.28. The zero-order valence-corrected chi connectivity index (χ0v) is 16.9. The third-order valence-electron chi connectivity index (χ3n) is 5.51. The molecule has 1 aromatic carbocycles. The minimum absolute atomic E-state index is 0.429. The van der Waals surface area contributed by atoms with Crippen LogP contribution in [0.5, 0.6) is 0 Å². The Morgan fingerprint density at radius 2 is 2.12 bits per heavy atom. The van der Waals surface area contributed by atoms with E-state index in [0.29, 0.717) is 17.4 Å². The number of rotatable bonds is 5. The quantitative estimate of drug-likeness (QED) is 0.785. The Bertz CT molecular complexity index is 880. The molecule has 1 atom stereocenters. The second kappa shape index (κ2) is 6.71. The van der Waals surface area contributed by atoms with Crippen LogP contribution in [0.4, 0.5) is 0 Å². The standard InChI is InChI=1S/C19H25N3O2S2/c1-15(2)7-10-22-19(16-5-3-4-6-17(16)26(22,23)24)8-11-21(14-19)13-18-20-9-12-25-18/h3-6,9,12,15H,7-8,10-11,13-14H2,1-2H3/t19-/m0/s1. The first-order valence-corrected chi connectivity index (χ1v) is 11.5. The van der Waals surface area contributed by atoms with Gasteiger partial charge in [0.15, 0.2) is 0 Å². The summed E-state index contributed by atoms with van der Waals surface area (Å²) in [5.41, 5.74) is 0.548. The van der Waals surface area contributed by atoms with Crippen molar-refractivity contribution in [3.63, 3.8) is 0 Å². The Morgan fingerprint density at radius 3 is 2.85 bits per heavy atom. The van der Waals surface area contributed by atoms with Crippen LogP contribution < -0.4 is 0 Å². The Morgan fingerprint density at radius 1 is 1.31 bits per heavy atom. The highest BCUT2D eigenvalue weighted by molar-refractivity contribution is 7.89. The third-order valence-corrected chi connectivity index (χ3v) is 8.30. The Kier molecular flexibility index (Phi) is 4.67. The predicted octanol–water partition coefficient (Wildman–Crippen LogP) is 3.29. The molecule has 2 aromatic rings. The van der Waals surface area contributed by atoms with Gasteiger partial charge in [-0.1, -0.05) is 32.0 Å². The van der Waals surface area contributed by atoms with E-state index in [4.69, 9.17) is 0 Å². The molecule has 26 heavy (non-hydrogen) atoms. The van der Waals surface area contributed by atoms with Crippen LogP contribution >= 0.6 is 11.3 Å². The summed E-state index contributed by atoms with van der Waals surface area (Å²) in [7, 11) is -3.43. The van der Waals surface area contributed by atoms with Crippen LogP contribution in [0, 0.1) is 5.92 Å². The predicted molar refractivity (Wildman–Crippen MR) is 103 cm³/mol. The molecule has 1 fully saturated rings. The van der Waals surface area contributed by atoms with E-state index in [-0.39, 0.29) is 0 Å². The Labute approximate surface area is 159 Å². The molecule has 1 saturated heterocycles. The lowest BCUT2D eigenvalue weighted by Gasteiger charge is -2.34. The van der Waals surface area contributed by atoms with Gasteiger partial charge in [0, 0.05) is 31.2 Å². The molecule has 0 unspecified atom stereocenters. The highest BCUT2D eigenvalue weighted by Crippen LogP contribution is 2.49. The fourth-order valence-corrected chi connectivity index (χ4v) is 6.96. The number of hydrogen-bond acceptors (Lipinski definition) is 5. The van der Waals surface area contributed by atoms with Gasteiger partial charge in [-0.3, -0.25) is 4.90 Å². The third kappa shape index (κ3) is 2.91. The first kappa shape index (κ1) is 18.1. The fourth-order valence-electron chi connectivity index (χ4n) is 4.22. The maximum absolute atomic E-state index is 13.3. The van der Waals surface area contributed by atoms with Gasteiger partial charge in [0.2, 0.25) is 10.0 Å². The Balaban J connectivity index is 1.69. The van der Waals surface area contributed by atoms with E-state index in [9.17, 15) is 8.42 Å². The molecule has 0 amide bonds. The van der Waals surface area contributed by atoms with E-state index in [0.717, 1.165) is 43.0 Å². The summed E-state index contributed by atoms with van der Waals surface area (Å²) in [5, 5.41) is 3.08. The minimum atomic E-state index is -3.43. The first-order chi connectivity index (χ1) is 12.4. The summed E-state index contributed by atoms with van der Waals surface area (Å²) in [6.07, 6.45) is 3.55. The van der Waals surface area contributed by atoms with Crippen LogP contribution in [0.1, 0.15) is 37.3 Å². The molecule has 0 aliphatic carbocycles. The molecule has 0 saturated carbocycles. The van der Waals surface area contributed by atoms with Gasteiger partial charge in [-0.15, -0.1) is 11.3 Å². The van der Waals surface area contributed by atoms with Crippen LogP contribution in [-0.2, 0) is 22.1 Å². The summed E-state index contributed by atoms with van der Waals surface area (Å²) in [6, 6.07) is 7.57. The van der Waals surface area contributed by atoms with Gasteiger partial charge in [-0.25, -0.2) is 13.4 Å². The molecule has 1 spiro atoms. The second-order valence-corrected chi connectivity index (χ2v) is 10.5. The summed E-state index contributed by atoms with van der Waals surface area (Å²) in [5.74, 6) is 0.471. The molecular weight excluding hydrogens is 366 g/mol. The van der Waals surface area contributed by atoms with Crippen molar-refractivity contribution in [2.24, 2.45) is 5.92 Å². The normalized spacial score (nSPS) is 25.3. The SMILES string of the molecule is CC(C)CCN1[C@]2(CCN(Cc3nccs3)C2)c2ccccc2S1(=O)=O. The number of hydrogen-bond donors (Lipinski definition) is 0. The highest BCUT2D eigenvalue weighted by atomic mass is 32.2. The molecule has 2 aliphatic rings. The van der Waals surface area contributed by atoms with Gasteiger partial charge >= 0.3 is 0 Å². The molecule has 5 nitrogen and oxygen atoms in total. The lowest BCUT2D eigenvalue weighted by Crippen LogP contribution is -2.46. The minimum Gasteiger partial charge on any atom is -0.294 e. The number of nitrogens with zero attached hydrogens (tertiary/aromatic N) is 3. The molecule has 0 bridgehead atoms. The smallest absolute Gasteiger partial charge is 0.244 e. The average Bonchev–Trinajstić information content (AvgIpc) is 3.29. The number of benzene rings is 1. The van der Waals surface area contributed by atoms with Gasteiger partial charge in [0.05, 0.1) is 17.0 Å². The van der Waals surface area contributed by atoms with E-state index >= 15 is 0 Å². The van der Waals surface area contributed by atoms with Crippen molar-refractivity contribution in [3.8, 4) is 0 Å². The molecule has 0 N–H and O–H groups in total. The molecule has 140 valence electrons. The second-order valence-electron chi connectivity index (χ2n) is 7.67. The number of thiazole rings is 1. The van der Waals surface area contributed by atoms with Crippen molar-refractivity contribution in [2.45, 2.75) is 43.7 Å². The van der Waals surface area contributed by atoms with Crippen molar-refractivity contribution in [1.29, 1.82) is 0 Å². The molecule has 1 aromatic heterocycles. The first-order valence-electron chi connectivity index (χ1n) is 9.16. The van der Waals surface area contributed by atoms with E-state index in [1.807, 2.05) is 29.8 Å². The number of fused-ring (bicyclic) bond motifs is 2. The lowest BCUT2D eigenvalue weighted by molar-refractivity contribution is 0.183. The zero-order chi connectivity index (χ0) is 18.4. The highest BCUT2D eigenvalue weighted by Gasteiger charge is 2.56. The molecule has 4 rings (SSSR count). The van der Waals surface area contributed by atoms with Crippen LogP contribution in [0.3, 0.4) is 0 Å². The van der Waals surface area contributed by atoms with Gasteiger partial charge in [0.25, 0.3) is 0 Å². The van der Waals surface area contributed by atoms with Crippen LogP contribution in [0.25, 0.3) is 0 Å². The monoisotopic (exact) mass is 391 g/mol. The number of likely N-dealkylation sites (tertiary alicyclic amines) is 1. The van der Waals surface area contributed by atoms with E-state index in [1.54, 1.807) is 21.7 Å². The zero-order valence-electron chi connectivity index (χ0n) is 15.3. The van der Waals surface area contributed by atoms with Gasteiger partial charge < -0.3 is 0 Å². The number of aromatic nitrogens is 1. The molecule has 3 heterocycles. The van der Waals surface area contributed by atoms with Gasteiger partial charge in [-0.2, -0.15) is 4.31 Å². The van der Waals surface area contributed by atoms with Crippen molar-refractivity contribution < 1.29 is 8.42 Å². The van der Waals surface area contributed by atoms with Crippen molar-refractivity contribution in [1.82, 2.24) is 14.2 Å². The van der Waals surface area contributed by atoms with Gasteiger partial charge in [0.1, 0.15) is 5.01 Å². The summed E-state index contributed by atoms with van der Waals surface area (Å²) in [6.45, 7) is 7.29. The van der Waals surface area contributed by atoms with Crippen LogP contribution in [0.15, 0.2) is 40.7 Å². The van der Waals surface area contributed by atoms with Crippen LogP contribution in [0.2, 0.25) is 0 Å². The summed E-state index contributed by atoms with van der Waals surface area (Å²) < 4.78 is 28.4. The van der Waals surface area contributed by atoms with Crippen molar-refractivity contribution >= 4 is 21.4 Å². The topological polar surface area (TPSA) is 53.5 Å². The molecule has 2 aliphatic heterocycles. The maximum atomic E-state index is 13.3. The molecular formula is C19H25N3O2S2. The van der Waals surface area contributed by atoms with E-state index in [1.165, 1.54) is 0 Å². The van der Waals surface area contributed by atoms with Crippen LogP contribution in [-0.4, -0.2) is 42.2 Å². The summed E-state index contributed by atoms with van der Waals surface area (Å²) in [4.78, 5) is 7.24. The largest absolute Gasteiger partial charge is 0.294 e. The summed E-state index contributed by atoms with van der Waals surface area (Å²) >= 11 is 1.66. The van der Waals surface area contributed by atoms with E-state index in [2.05, 4.69) is 23.7 Å². The van der Waals surface area contributed by atoms with Gasteiger partial charge in [-0.05, 0) is 30.4 Å². The maximum Gasteiger partial charge on any atom is 0.244 e. The van der Waals surface area contributed by atoms with Crippen molar-refractivity contribution in [3.05, 3.63) is 46.4 Å². The lowest BCUT2D eigenvalue weighted by atomic mass is 9.88. The molecule has 0 radical (unpaired) electrons. The van der Waals surface area contributed by atoms with E-state index < -0.39 is 15.6 Å². The molecule has 7 heteroatoms. The average molecular weight is 392 g/mol.